The van der Waals surface area contributed by atoms with Gasteiger partial charge in [-0.15, -0.1) is 0 Å². The van der Waals surface area contributed by atoms with E-state index in [0.717, 1.165) is 54.1 Å². The fraction of sp³-hybridized carbons (Fsp3) is 0.133. The van der Waals surface area contributed by atoms with Crippen LogP contribution >= 0.6 is 0 Å². The molecule has 0 amide bonds. The van der Waals surface area contributed by atoms with Gasteiger partial charge in [-0.1, -0.05) is 169 Å². The zero-order valence-electron chi connectivity index (χ0n) is 35.4. The van der Waals surface area contributed by atoms with Gasteiger partial charge in [0.15, 0.2) is 23.0 Å². The fourth-order valence-corrected chi connectivity index (χ4v) is 11.1. The average molecular weight is 814 g/mol. The lowest BCUT2D eigenvalue weighted by molar-refractivity contribution is 0.360. The standard InChI is InChI=1S/C60H47NO2/c1-39-26-29-47(37-50(39)57(43-18-8-4-9-19-43)44-20-10-5-11-21-44)61(46-30-27-42(28-31-46)41-16-6-3-7-17-41)48-32-34-54-56(38-48)62-55-35-33-53-58(59(55)63-54)49-23-13-15-25-52(49)60(53)40(2)36-45-22-12-14-24-51(45)60/h3-6,8-16,18-27,29-35,37-38,42,57H,2,7,17,28,36H2,1H3. The van der Waals surface area contributed by atoms with E-state index in [4.69, 9.17) is 16.1 Å². The van der Waals surface area contributed by atoms with Crippen molar-refractivity contribution in [3.63, 3.8) is 0 Å². The summed E-state index contributed by atoms with van der Waals surface area (Å²) >= 11 is 0. The second kappa shape index (κ2) is 14.9. The van der Waals surface area contributed by atoms with Gasteiger partial charge in [0, 0.05) is 34.9 Å². The van der Waals surface area contributed by atoms with Crippen molar-refractivity contribution in [3.8, 4) is 34.1 Å². The zero-order chi connectivity index (χ0) is 42.1. The second-order valence-corrected chi connectivity index (χ2v) is 17.6. The van der Waals surface area contributed by atoms with Crippen molar-refractivity contribution in [1.82, 2.24) is 0 Å². The molecule has 0 saturated heterocycles. The fourth-order valence-electron chi connectivity index (χ4n) is 11.1. The van der Waals surface area contributed by atoms with Crippen molar-refractivity contribution in [3.05, 3.63) is 262 Å². The number of anilines is 2. The van der Waals surface area contributed by atoms with Gasteiger partial charge >= 0.3 is 0 Å². The molecule has 3 heteroatoms. The number of hydrogen-bond acceptors (Lipinski definition) is 3. The highest BCUT2D eigenvalue weighted by Gasteiger charge is 2.52. The largest absolute Gasteiger partial charge is 0.449 e. The van der Waals surface area contributed by atoms with Gasteiger partial charge in [-0.05, 0) is 119 Å². The normalized spacial score (nSPS) is 18.7. The van der Waals surface area contributed by atoms with Crippen LogP contribution in [0.5, 0.6) is 23.0 Å². The first-order valence-electron chi connectivity index (χ1n) is 22.3. The highest BCUT2D eigenvalue weighted by molar-refractivity contribution is 5.93. The summed E-state index contributed by atoms with van der Waals surface area (Å²) in [6.45, 7) is 6.96. The first-order valence-corrected chi connectivity index (χ1v) is 22.3. The number of allylic oxidation sites excluding steroid dienone is 8. The van der Waals surface area contributed by atoms with Crippen LogP contribution in [-0.4, -0.2) is 0 Å². The second-order valence-electron chi connectivity index (χ2n) is 17.6. The number of benzene rings is 7. The lowest BCUT2D eigenvalue weighted by atomic mass is 9.71. The van der Waals surface area contributed by atoms with Crippen molar-refractivity contribution in [1.29, 1.82) is 0 Å². The number of fused-ring (bicyclic) bond motifs is 10. The molecule has 1 spiro atoms. The molecule has 63 heavy (non-hydrogen) atoms. The quantitative estimate of drug-likeness (QED) is 0.118. The molecular formula is C60H47NO2. The van der Waals surface area contributed by atoms with Gasteiger partial charge in [-0.25, -0.2) is 0 Å². The van der Waals surface area contributed by atoms with E-state index in [-0.39, 0.29) is 5.92 Å². The Labute approximate surface area is 370 Å². The van der Waals surface area contributed by atoms with Crippen molar-refractivity contribution in [2.45, 2.75) is 43.9 Å². The molecule has 0 saturated carbocycles. The number of nitrogens with zero attached hydrogens (tertiary/aromatic N) is 1. The maximum absolute atomic E-state index is 7.02. The maximum Gasteiger partial charge on any atom is 0.178 e. The Balaban J connectivity index is 0.962. The summed E-state index contributed by atoms with van der Waals surface area (Å²) in [5, 5.41) is 0. The predicted octanol–water partition coefficient (Wildman–Crippen LogP) is 15.4. The molecule has 4 aliphatic carbocycles. The summed E-state index contributed by atoms with van der Waals surface area (Å²) < 4.78 is 14.0. The maximum atomic E-state index is 7.02. The Morgan fingerprint density at radius 3 is 2.16 bits per heavy atom. The van der Waals surface area contributed by atoms with E-state index in [0.29, 0.717) is 23.2 Å². The smallest absolute Gasteiger partial charge is 0.178 e. The van der Waals surface area contributed by atoms with E-state index in [2.05, 4.69) is 206 Å². The summed E-state index contributed by atoms with van der Waals surface area (Å²) in [5.41, 5.74) is 17.9. The number of aryl methyl sites for hydroxylation is 1. The molecule has 0 N–H and O–H groups in total. The van der Waals surface area contributed by atoms with Crippen LogP contribution in [0, 0.1) is 12.8 Å². The first kappa shape index (κ1) is 37.4. The van der Waals surface area contributed by atoms with Crippen molar-refractivity contribution in [2.75, 3.05) is 4.90 Å². The molecule has 2 atom stereocenters. The van der Waals surface area contributed by atoms with E-state index in [9.17, 15) is 0 Å². The first-order chi connectivity index (χ1) is 31.1. The molecule has 3 nitrogen and oxygen atoms in total. The van der Waals surface area contributed by atoms with E-state index in [1.54, 1.807) is 0 Å². The molecule has 2 unspecified atom stereocenters. The number of ether oxygens (including phenoxy) is 2. The van der Waals surface area contributed by atoms with Crippen LogP contribution in [0.3, 0.4) is 0 Å². The van der Waals surface area contributed by atoms with E-state index in [1.807, 2.05) is 0 Å². The minimum Gasteiger partial charge on any atom is -0.449 e. The zero-order valence-corrected chi connectivity index (χ0v) is 35.4. The van der Waals surface area contributed by atoms with Gasteiger partial charge in [-0.3, -0.25) is 0 Å². The van der Waals surface area contributed by atoms with Gasteiger partial charge in [0.1, 0.15) is 0 Å². The van der Waals surface area contributed by atoms with Crippen molar-refractivity contribution < 1.29 is 9.47 Å². The van der Waals surface area contributed by atoms with Crippen LogP contribution in [0.2, 0.25) is 0 Å². The Kier molecular flexibility index (Phi) is 8.86. The summed E-state index contributed by atoms with van der Waals surface area (Å²) in [6, 6.07) is 57.1. The Bertz CT molecular complexity index is 3070. The molecule has 304 valence electrons. The van der Waals surface area contributed by atoms with Crippen LogP contribution in [0.15, 0.2) is 218 Å². The molecule has 5 aliphatic rings. The third kappa shape index (κ3) is 5.94. The highest BCUT2D eigenvalue weighted by atomic mass is 16.6. The molecule has 7 aromatic rings. The third-order valence-electron chi connectivity index (χ3n) is 14.1. The van der Waals surface area contributed by atoms with Crippen LogP contribution in [0.25, 0.3) is 11.1 Å². The Morgan fingerprint density at radius 1 is 0.683 bits per heavy atom. The number of rotatable bonds is 7. The summed E-state index contributed by atoms with van der Waals surface area (Å²) in [5.74, 6) is 3.34. The van der Waals surface area contributed by atoms with Gasteiger partial charge in [-0.2, -0.15) is 0 Å². The average Bonchev–Trinajstić information content (AvgIpc) is 3.82. The molecule has 0 bridgehead atoms. The minimum absolute atomic E-state index is 0.0680. The molecule has 1 aliphatic heterocycles. The highest BCUT2D eigenvalue weighted by Crippen LogP contribution is 2.64. The van der Waals surface area contributed by atoms with E-state index >= 15 is 0 Å². The van der Waals surface area contributed by atoms with Gasteiger partial charge < -0.3 is 14.4 Å². The van der Waals surface area contributed by atoms with Crippen molar-refractivity contribution >= 4 is 11.4 Å². The lowest BCUT2D eigenvalue weighted by Crippen LogP contribution is -2.25. The lowest BCUT2D eigenvalue weighted by Gasteiger charge is -2.32. The van der Waals surface area contributed by atoms with Crippen LogP contribution < -0.4 is 14.4 Å². The van der Waals surface area contributed by atoms with E-state index < -0.39 is 5.41 Å². The monoisotopic (exact) mass is 813 g/mol. The molecule has 0 fully saturated rings. The molecule has 7 aromatic carbocycles. The number of hydrogen-bond donors (Lipinski definition) is 0. The summed E-state index contributed by atoms with van der Waals surface area (Å²) in [6.07, 6.45) is 17.9. The minimum atomic E-state index is -0.428. The van der Waals surface area contributed by atoms with E-state index in [1.165, 1.54) is 61.2 Å². The predicted molar refractivity (Wildman–Crippen MR) is 257 cm³/mol. The topological polar surface area (TPSA) is 21.7 Å². The third-order valence-corrected chi connectivity index (χ3v) is 14.1. The van der Waals surface area contributed by atoms with Crippen LogP contribution in [0.1, 0.15) is 69.7 Å². The van der Waals surface area contributed by atoms with Crippen molar-refractivity contribution in [2.24, 2.45) is 5.92 Å². The van der Waals surface area contributed by atoms with Gasteiger partial charge in [0.2, 0.25) is 0 Å². The molecule has 1 heterocycles. The molecule has 0 radical (unpaired) electrons. The summed E-state index contributed by atoms with van der Waals surface area (Å²) in [4.78, 5) is 2.39. The Morgan fingerprint density at radius 2 is 1.40 bits per heavy atom. The van der Waals surface area contributed by atoms with Gasteiger partial charge in [0.05, 0.1) is 11.1 Å². The summed E-state index contributed by atoms with van der Waals surface area (Å²) in [7, 11) is 0. The SMILES string of the molecule is C=C1Cc2ccccc2C12c1ccccc1-c1c2ccc2c1Oc1ccc(N(C3=CCC(C4=CC=CCC4)C=C3)c3ccc(C)c(C(c4ccccc4)c4ccccc4)c3)cc1O2. The van der Waals surface area contributed by atoms with Crippen LogP contribution in [0.4, 0.5) is 11.4 Å². The molecular weight excluding hydrogens is 767 g/mol. The van der Waals surface area contributed by atoms with Gasteiger partial charge in [0.25, 0.3) is 0 Å². The van der Waals surface area contributed by atoms with Crippen LogP contribution in [-0.2, 0) is 11.8 Å². The molecule has 0 aromatic heterocycles. The Hall–Kier alpha value is -7.36. The molecule has 12 rings (SSSR count).